The molecule has 1 fully saturated rings. The first-order valence-electron chi connectivity index (χ1n) is 4.45. The Kier molecular flexibility index (Phi) is 3.80. The zero-order chi connectivity index (χ0) is 8.81. The predicted molar refractivity (Wildman–Crippen MR) is 52.3 cm³/mol. The Labute approximate surface area is 73.7 Å². The van der Waals surface area contributed by atoms with E-state index in [1.807, 2.05) is 13.1 Å². The van der Waals surface area contributed by atoms with Crippen LogP contribution >= 0.6 is 0 Å². The third-order valence-electron chi connectivity index (χ3n) is 2.06. The molecule has 0 aromatic heterocycles. The lowest BCUT2D eigenvalue weighted by Gasteiger charge is -2.18. The molecule has 68 valence electrons. The van der Waals surface area contributed by atoms with Gasteiger partial charge in [-0.3, -0.25) is 4.99 Å². The maximum absolute atomic E-state index is 5.32. The zero-order valence-electron chi connectivity index (χ0n) is 7.59. The smallest absolute Gasteiger partial charge is 0.0523 e. The van der Waals surface area contributed by atoms with Crippen LogP contribution in [-0.2, 0) is 0 Å². The third-order valence-corrected chi connectivity index (χ3v) is 2.06. The van der Waals surface area contributed by atoms with Crippen LogP contribution in [0.1, 0.15) is 19.8 Å². The Bertz CT molecular complexity index is 178. The van der Waals surface area contributed by atoms with Crippen molar-refractivity contribution in [3.05, 3.63) is 11.8 Å². The van der Waals surface area contributed by atoms with Crippen molar-refractivity contribution in [3.63, 3.8) is 0 Å². The molecule has 1 aliphatic heterocycles. The van der Waals surface area contributed by atoms with Crippen LogP contribution in [0.4, 0.5) is 0 Å². The van der Waals surface area contributed by atoms with Crippen LogP contribution in [0.2, 0.25) is 0 Å². The highest BCUT2D eigenvalue weighted by molar-refractivity contribution is 5.77. The number of hydrogen-bond acceptors (Lipinski definition) is 3. The van der Waals surface area contributed by atoms with Crippen LogP contribution in [0.25, 0.3) is 0 Å². The molecule has 0 spiro atoms. The van der Waals surface area contributed by atoms with Crippen molar-refractivity contribution in [3.8, 4) is 0 Å². The van der Waals surface area contributed by atoms with Gasteiger partial charge in [0.2, 0.25) is 0 Å². The minimum atomic E-state index is 0.501. The molecule has 0 bridgehead atoms. The van der Waals surface area contributed by atoms with Crippen LogP contribution < -0.4 is 11.1 Å². The van der Waals surface area contributed by atoms with E-state index in [0.717, 1.165) is 31.5 Å². The second-order valence-electron chi connectivity index (χ2n) is 3.17. The number of hydrogen-bond donors (Lipinski definition) is 2. The lowest BCUT2D eigenvalue weighted by atomic mass is 10.1. The molecule has 0 atom stereocenters. The number of nitrogens with one attached hydrogen (secondary N) is 1. The van der Waals surface area contributed by atoms with Gasteiger partial charge in [0.05, 0.1) is 6.04 Å². The van der Waals surface area contributed by atoms with E-state index in [9.17, 15) is 0 Å². The van der Waals surface area contributed by atoms with Gasteiger partial charge in [0.1, 0.15) is 0 Å². The minimum absolute atomic E-state index is 0.501. The molecule has 12 heavy (non-hydrogen) atoms. The topological polar surface area (TPSA) is 50.4 Å². The summed E-state index contributed by atoms with van der Waals surface area (Å²) in [5, 5.41) is 3.30. The fourth-order valence-corrected chi connectivity index (χ4v) is 1.22. The fourth-order valence-electron chi connectivity index (χ4n) is 1.22. The van der Waals surface area contributed by atoms with Crippen molar-refractivity contribution in [2.75, 3.05) is 13.1 Å². The average Bonchev–Trinajstić information content (AvgIpc) is 2.16. The molecule has 0 radical (unpaired) electrons. The molecule has 0 aromatic carbocycles. The minimum Gasteiger partial charge on any atom is -0.404 e. The molecule has 3 nitrogen and oxygen atoms in total. The van der Waals surface area contributed by atoms with Crippen LogP contribution in [0.5, 0.6) is 0 Å². The molecular formula is C9H17N3. The maximum Gasteiger partial charge on any atom is 0.0523 e. The molecule has 1 heterocycles. The lowest BCUT2D eigenvalue weighted by Crippen LogP contribution is -2.29. The second kappa shape index (κ2) is 4.93. The van der Waals surface area contributed by atoms with Crippen molar-refractivity contribution in [1.82, 2.24) is 5.32 Å². The number of nitrogens with two attached hydrogens (primary N) is 1. The SMILES string of the molecule is C/C(C=NC1CCNCC1)=C/N. The van der Waals surface area contributed by atoms with E-state index in [1.165, 1.54) is 0 Å². The average molecular weight is 167 g/mol. The summed E-state index contributed by atoms with van der Waals surface area (Å²) in [6.07, 6.45) is 5.75. The summed E-state index contributed by atoms with van der Waals surface area (Å²) in [5.74, 6) is 0. The second-order valence-corrected chi connectivity index (χ2v) is 3.17. The van der Waals surface area contributed by atoms with Crippen LogP contribution in [0.15, 0.2) is 16.8 Å². The summed E-state index contributed by atoms with van der Waals surface area (Å²) < 4.78 is 0. The molecule has 1 aliphatic rings. The van der Waals surface area contributed by atoms with Gasteiger partial charge in [-0.05, 0) is 44.6 Å². The van der Waals surface area contributed by atoms with E-state index in [2.05, 4.69) is 10.3 Å². The zero-order valence-corrected chi connectivity index (χ0v) is 7.59. The van der Waals surface area contributed by atoms with Gasteiger partial charge >= 0.3 is 0 Å². The van der Waals surface area contributed by atoms with Crippen molar-refractivity contribution in [2.24, 2.45) is 10.7 Å². The van der Waals surface area contributed by atoms with Crippen molar-refractivity contribution in [1.29, 1.82) is 0 Å². The first kappa shape index (κ1) is 9.26. The van der Waals surface area contributed by atoms with E-state index in [1.54, 1.807) is 6.20 Å². The Morgan fingerprint density at radius 1 is 1.50 bits per heavy atom. The molecule has 0 unspecified atom stereocenters. The highest BCUT2D eigenvalue weighted by Gasteiger charge is 2.09. The summed E-state index contributed by atoms with van der Waals surface area (Å²) >= 11 is 0. The van der Waals surface area contributed by atoms with Crippen LogP contribution in [-0.4, -0.2) is 25.3 Å². The van der Waals surface area contributed by atoms with E-state index in [0.29, 0.717) is 6.04 Å². The maximum atomic E-state index is 5.32. The number of rotatable bonds is 2. The molecule has 1 rings (SSSR count). The first-order valence-corrected chi connectivity index (χ1v) is 4.45. The summed E-state index contributed by atoms with van der Waals surface area (Å²) in [5.41, 5.74) is 6.36. The van der Waals surface area contributed by atoms with Crippen molar-refractivity contribution >= 4 is 6.21 Å². The molecule has 0 aromatic rings. The lowest BCUT2D eigenvalue weighted by molar-refractivity contribution is 0.461. The summed E-state index contributed by atoms with van der Waals surface area (Å²) in [7, 11) is 0. The number of aliphatic imine (C=N–C) groups is 1. The van der Waals surface area contributed by atoms with Gasteiger partial charge in [0, 0.05) is 6.21 Å². The van der Waals surface area contributed by atoms with Crippen LogP contribution in [0.3, 0.4) is 0 Å². The van der Waals surface area contributed by atoms with E-state index in [-0.39, 0.29) is 0 Å². The molecule has 3 heteroatoms. The van der Waals surface area contributed by atoms with Gasteiger partial charge in [0.15, 0.2) is 0 Å². The van der Waals surface area contributed by atoms with Gasteiger partial charge in [-0.25, -0.2) is 0 Å². The molecule has 1 saturated heterocycles. The summed E-state index contributed by atoms with van der Waals surface area (Å²) in [4.78, 5) is 4.44. The number of piperidine rings is 1. The number of allylic oxidation sites excluding steroid dienone is 1. The van der Waals surface area contributed by atoms with Crippen molar-refractivity contribution < 1.29 is 0 Å². The number of nitrogens with zero attached hydrogens (tertiary/aromatic N) is 1. The van der Waals surface area contributed by atoms with E-state index >= 15 is 0 Å². The summed E-state index contributed by atoms with van der Waals surface area (Å²) in [6, 6.07) is 0.501. The van der Waals surface area contributed by atoms with Gasteiger partial charge in [-0.15, -0.1) is 0 Å². The predicted octanol–water partition coefficient (Wildman–Crippen LogP) is 0.672. The Balaban J connectivity index is 2.33. The van der Waals surface area contributed by atoms with Crippen molar-refractivity contribution in [2.45, 2.75) is 25.8 Å². The Morgan fingerprint density at radius 3 is 2.75 bits per heavy atom. The van der Waals surface area contributed by atoms with Gasteiger partial charge in [-0.2, -0.15) is 0 Å². The van der Waals surface area contributed by atoms with Gasteiger partial charge in [0.25, 0.3) is 0 Å². The van der Waals surface area contributed by atoms with Gasteiger partial charge < -0.3 is 11.1 Å². The monoisotopic (exact) mass is 167 g/mol. The third kappa shape index (κ3) is 3.05. The molecular weight excluding hydrogens is 150 g/mol. The quantitative estimate of drug-likeness (QED) is 0.594. The Hall–Kier alpha value is -0.830. The molecule has 0 amide bonds. The standard InChI is InChI=1S/C9H17N3/c1-8(6-10)7-12-9-2-4-11-5-3-9/h6-7,9,11H,2-5,10H2,1H3/b8-6-,12-7?. The van der Waals surface area contributed by atoms with Crippen LogP contribution in [0, 0.1) is 0 Å². The van der Waals surface area contributed by atoms with E-state index in [4.69, 9.17) is 5.73 Å². The molecule has 0 aliphatic carbocycles. The highest BCUT2D eigenvalue weighted by atomic mass is 14.9. The van der Waals surface area contributed by atoms with E-state index < -0.39 is 0 Å². The molecule has 3 N–H and O–H groups in total. The Morgan fingerprint density at radius 2 is 2.17 bits per heavy atom. The summed E-state index contributed by atoms with van der Waals surface area (Å²) in [6.45, 7) is 4.14. The van der Waals surface area contributed by atoms with Gasteiger partial charge in [-0.1, -0.05) is 0 Å². The highest BCUT2D eigenvalue weighted by Crippen LogP contribution is 2.06. The normalized spacial score (nSPS) is 21.9. The molecule has 0 saturated carbocycles. The largest absolute Gasteiger partial charge is 0.404 e. The first-order chi connectivity index (χ1) is 5.83. The fraction of sp³-hybridized carbons (Fsp3) is 0.667.